The summed E-state index contributed by atoms with van der Waals surface area (Å²) >= 11 is 6.40. The fourth-order valence-electron chi connectivity index (χ4n) is 3.00. The number of rotatable bonds is 6. The van der Waals surface area contributed by atoms with Gasteiger partial charge in [-0.25, -0.2) is 0 Å². The van der Waals surface area contributed by atoms with E-state index in [1.54, 1.807) is 0 Å². The van der Waals surface area contributed by atoms with Gasteiger partial charge in [0.1, 0.15) is 5.75 Å². The Morgan fingerprint density at radius 3 is 2.62 bits per heavy atom. The summed E-state index contributed by atoms with van der Waals surface area (Å²) in [4.78, 5) is 12.3. The molecule has 0 atom stereocenters. The van der Waals surface area contributed by atoms with E-state index >= 15 is 0 Å². The molecule has 3 aromatic rings. The van der Waals surface area contributed by atoms with Crippen LogP contribution in [0.15, 0.2) is 48.5 Å². The van der Waals surface area contributed by atoms with Gasteiger partial charge in [0.05, 0.1) is 5.02 Å². The second-order valence-electron chi connectivity index (χ2n) is 6.05. The predicted molar refractivity (Wildman–Crippen MR) is 101 cm³/mol. The fourth-order valence-corrected chi connectivity index (χ4v) is 3.27. The van der Waals surface area contributed by atoms with Crippen molar-refractivity contribution in [2.75, 3.05) is 0 Å². The minimum absolute atomic E-state index is 0.191. The molecule has 0 spiro atoms. The number of ether oxygens (including phenoxy) is 1. The third kappa shape index (κ3) is 3.54. The molecule has 124 valence electrons. The Labute approximate surface area is 147 Å². The van der Waals surface area contributed by atoms with E-state index in [1.807, 2.05) is 42.5 Å². The summed E-state index contributed by atoms with van der Waals surface area (Å²) < 4.78 is 5.78. The van der Waals surface area contributed by atoms with E-state index in [9.17, 15) is 4.79 Å². The Morgan fingerprint density at radius 1 is 1.00 bits per heavy atom. The first kappa shape index (κ1) is 16.8. The highest BCUT2D eigenvalue weighted by Gasteiger charge is 2.15. The van der Waals surface area contributed by atoms with Crippen molar-refractivity contribution in [1.29, 1.82) is 0 Å². The van der Waals surface area contributed by atoms with Crippen LogP contribution in [0.3, 0.4) is 0 Å². The Bertz CT molecular complexity index is 870. The lowest BCUT2D eigenvalue weighted by atomic mass is 10.0. The monoisotopic (exact) mass is 340 g/mol. The molecule has 0 bridgehead atoms. The summed E-state index contributed by atoms with van der Waals surface area (Å²) in [6.07, 6.45) is 4.66. The van der Waals surface area contributed by atoms with Crippen LogP contribution in [0.25, 0.3) is 21.5 Å². The molecule has 0 aliphatic carbocycles. The van der Waals surface area contributed by atoms with Crippen LogP contribution in [0.4, 0.5) is 0 Å². The summed E-state index contributed by atoms with van der Waals surface area (Å²) in [5.74, 6) is 0.387. The zero-order chi connectivity index (χ0) is 16.9. The van der Waals surface area contributed by atoms with Crippen LogP contribution in [0.1, 0.15) is 39.0 Å². The molecule has 0 aliphatic heterocycles. The summed E-state index contributed by atoms with van der Waals surface area (Å²) in [5, 5.41) is 4.35. The number of hydrogen-bond acceptors (Lipinski definition) is 2. The number of benzene rings is 3. The molecule has 0 N–H and O–H groups in total. The Balaban J connectivity index is 1.99. The molecule has 0 saturated carbocycles. The van der Waals surface area contributed by atoms with Crippen molar-refractivity contribution in [2.45, 2.75) is 39.0 Å². The lowest BCUT2D eigenvalue weighted by molar-refractivity contribution is -0.134. The van der Waals surface area contributed by atoms with Crippen molar-refractivity contribution in [2.24, 2.45) is 0 Å². The third-order valence-corrected chi connectivity index (χ3v) is 4.55. The molecule has 3 heteroatoms. The maximum atomic E-state index is 12.3. The SMILES string of the molecule is CCCCCCC(=O)Oc1c2ccccc2cc2cccc(Cl)c12. The number of carbonyl (C=O) groups excluding carboxylic acids is 1. The topological polar surface area (TPSA) is 26.3 Å². The highest BCUT2D eigenvalue weighted by molar-refractivity contribution is 6.37. The second-order valence-corrected chi connectivity index (χ2v) is 6.46. The van der Waals surface area contributed by atoms with Crippen LogP contribution < -0.4 is 4.74 Å². The number of esters is 1. The number of halogens is 1. The van der Waals surface area contributed by atoms with Crippen molar-refractivity contribution in [1.82, 2.24) is 0 Å². The Hall–Kier alpha value is -2.06. The normalized spacial score (nSPS) is 11.1. The first-order valence-corrected chi connectivity index (χ1v) is 8.89. The summed E-state index contributed by atoms with van der Waals surface area (Å²) in [6, 6.07) is 15.7. The van der Waals surface area contributed by atoms with Crippen LogP contribution in [0, 0.1) is 0 Å². The van der Waals surface area contributed by atoms with Gasteiger partial charge in [-0.3, -0.25) is 4.79 Å². The van der Waals surface area contributed by atoms with Gasteiger partial charge in [-0.15, -0.1) is 0 Å². The van der Waals surface area contributed by atoms with Crippen LogP contribution >= 0.6 is 11.6 Å². The summed E-state index contributed by atoms with van der Waals surface area (Å²) in [6.45, 7) is 2.16. The molecule has 0 fully saturated rings. The van der Waals surface area contributed by atoms with Gasteiger partial charge in [0.15, 0.2) is 0 Å². The maximum absolute atomic E-state index is 12.3. The molecule has 0 aliphatic rings. The number of fused-ring (bicyclic) bond motifs is 2. The highest BCUT2D eigenvalue weighted by atomic mass is 35.5. The van der Waals surface area contributed by atoms with E-state index in [0.29, 0.717) is 17.2 Å². The van der Waals surface area contributed by atoms with Crippen molar-refractivity contribution in [3.05, 3.63) is 53.6 Å². The lowest BCUT2D eigenvalue weighted by Gasteiger charge is -2.13. The maximum Gasteiger partial charge on any atom is 0.311 e. The van der Waals surface area contributed by atoms with E-state index < -0.39 is 0 Å². The van der Waals surface area contributed by atoms with Crippen molar-refractivity contribution < 1.29 is 9.53 Å². The van der Waals surface area contributed by atoms with Crippen molar-refractivity contribution >= 4 is 39.1 Å². The molecular weight excluding hydrogens is 320 g/mol. The van der Waals surface area contributed by atoms with Gasteiger partial charge in [0.2, 0.25) is 0 Å². The van der Waals surface area contributed by atoms with E-state index in [2.05, 4.69) is 13.0 Å². The van der Waals surface area contributed by atoms with Gasteiger partial charge in [-0.1, -0.05) is 74.2 Å². The molecular formula is C21H21ClO2. The zero-order valence-corrected chi connectivity index (χ0v) is 14.6. The molecule has 0 unspecified atom stereocenters. The number of hydrogen-bond donors (Lipinski definition) is 0. The van der Waals surface area contributed by atoms with E-state index in [0.717, 1.165) is 47.2 Å². The molecule has 0 heterocycles. The smallest absolute Gasteiger partial charge is 0.311 e. The van der Waals surface area contributed by atoms with Crippen LogP contribution in [0.5, 0.6) is 5.75 Å². The number of carbonyl (C=O) groups is 1. The summed E-state index contributed by atoms with van der Waals surface area (Å²) in [7, 11) is 0. The van der Waals surface area contributed by atoms with Crippen LogP contribution in [-0.2, 0) is 4.79 Å². The van der Waals surface area contributed by atoms with Gasteiger partial charge in [0, 0.05) is 17.2 Å². The molecule has 0 radical (unpaired) electrons. The predicted octanol–water partition coefficient (Wildman–Crippen LogP) is 6.52. The molecule has 0 aromatic heterocycles. The average Bonchev–Trinajstić information content (AvgIpc) is 2.58. The van der Waals surface area contributed by atoms with Gasteiger partial charge in [-0.05, 0) is 29.3 Å². The first-order valence-electron chi connectivity index (χ1n) is 8.51. The van der Waals surface area contributed by atoms with E-state index in [-0.39, 0.29) is 5.97 Å². The Morgan fingerprint density at radius 2 is 1.79 bits per heavy atom. The zero-order valence-electron chi connectivity index (χ0n) is 13.8. The van der Waals surface area contributed by atoms with Crippen LogP contribution in [0.2, 0.25) is 5.02 Å². The Kier molecular flexibility index (Phi) is 5.37. The minimum atomic E-state index is -0.191. The van der Waals surface area contributed by atoms with Crippen LogP contribution in [-0.4, -0.2) is 5.97 Å². The van der Waals surface area contributed by atoms with Gasteiger partial charge < -0.3 is 4.74 Å². The molecule has 3 aromatic carbocycles. The molecule has 3 rings (SSSR count). The van der Waals surface area contributed by atoms with Crippen molar-refractivity contribution in [3.63, 3.8) is 0 Å². The molecule has 2 nitrogen and oxygen atoms in total. The average molecular weight is 341 g/mol. The third-order valence-electron chi connectivity index (χ3n) is 4.24. The molecule has 0 saturated heterocycles. The van der Waals surface area contributed by atoms with E-state index in [1.165, 1.54) is 0 Å². The lowest BCUT2D eigenvalue weighted by Crippen LogP contribution is -2.08. The minimum Gasteiger partial charge on any atom is -0.425 e. The second kappa shape index (κ2) is 7.67. The molecule has 0 amide bonds. The van der Waals surface area contributed by atoms with Gasteiger partial charge in [0.25, 0.3) is 0 Å². The number of unbranched alkanes of at least 4 members (excludes halogenated alkanes) is 3. The first-order chi connectivity index (χ1) is 11.7. The fraction of sp³-hybridized carbons (Fsp3) is 0.286. The summed E-state index contributed by atoms with van der Waals surface area (Å²) in [5.41, 5.74) is 0. The largest absolute Gasteiger partial charge is 0.425 e. The molecule has 24 heavy (non-hydrogen) atoms. The van der Waals surface area contributed by atoms with E-state index in [4.69, 9.17) is 16.3 Å². The van der Waals surface area contributed by atoms with Crippen molar-refractivity contribution in [3.8, 4) is 5.75 Å². The standard InChI is InChI=1S/C21H21ClO2/c1-2-3-4-5-13-19(23)24-21-17-11-7-6-9-15(17)14-16-10-8-12-18(22)20(16)21/h6-12,14H,2-5,13H2,1H3. The van der Waals surface area contributed by atoms with Gasteiger partial charge in [-0.2, -0.15) is 0 Å². The quantitative estimate of drug-likeness (QED) is 0.221. The van der Waals surface area contributed by atoms with Gasteiger partial charge >= 0.3 is 5.97 Å². The highest BCUT2D eigenvalue weighted by Crippen LogP contribution is 2.39.